The van der Waals surface area contributed by atoms with Crippen molar-refractivity contribution in [2.45, 2.75) is 25.8 Å². The summed E-state index contributed by atoms with van der Waals surface area (Å²) in [5, 5.41) is 6.54. The van der Waals surface area contributed by atoms with Crippen LogP contribution in [0.3, 0.4) is 0 Å². The molecule has 1 saturated heterocycles. The quantitative estimate of drug-likeness (QED) is 0.663. The van der Waals surface area contributed by atoms with Crippen LogP contribution < -0.4 is 10.6 Å². The number of sulfone groups is 1. The van der Waals surface area contributed by atoms with Gasteiger partial charge in [-0.05, 0) is 32.5 Å². The van der Waals surface area contributed by atoms with Crippen molar-refractivity contribution in [1.82, 2.24) is 10.6 Å². The second-order valence-electron chi connectivity index (χ2n) is 3.89. The van der Waals surface area contributed by atoms with Gasteiger partial charge in [-0.2, -0.15) is 0 Å². The zero-order chi connectivity index (χ0) is 10.8. The molecule has 0 aliphatic carbocycles. The lowest BCUT2D eigenvalue weighted by atomic mass is 10.0. The maximum absolute atomic E-state index is 11.3. The Bertz CT molecular complexity index is 326. The summed E-state index contributed by atoms with van der Waals surface area (Å²) in [5.41, 5.74) is -0.391. The van der Waals surface area contributed by atoms with Gasteiger partial charge in [-0.3, -0.25) is 0 Å². The van der Waals surface area contributed by atoms with E-state index >= 15 is 0 Å². The Morgan fingerprint density at radius 3 is 2.64 bits per heavy atom. The Hall–Kier alpha value is -0.360. The zero-order valence-corrected chi connectivity index (χ0v) is 10.1. The average Bonchev–Trinajstić information content (AvgIpc) is 2.25. The lowest BCUT2D eigenvalue weighted by Crippen LogP contribution is -2.50. The number of rotatable bonds is 2. The Labute approximate surface area is 90.4 Å². The van der Waals surface area contributed by atoms with Crippen molar-refractivity contribution in [2.75, 3.05) is 18.1 Å². The molecule has 1 aliphatic rings. The molecular weight excluding hydrogens is 220 g/mol. The van der Waals surface area contributed by atoms with Crippen LogP contribution in [0.5, 0.6) is 0 Å². The van der Waals surface area contributed by atoms with Gasteiger partial charge in [0.1, 0.15) is 0 Å². The van der Waals surface area contributed by atoms with Crippen LogP contribution in [0.15, 0.2) is 0 Å². The average molecular weight is 236 g/mol. The van der Waals surface area contributed by atoms with Crippen LogP contribution in [0.1, 0.15) is 20.3 Å². The third-order valence-electron chi connectivity index (χ3n) is 2.26. The normalized spacial score (nSPS) is 29.9. The van der Waals surface area contributed by atoms with Crippen LogP contribution in [0.25, 0.3) is 0 Å². The standard InChI is InChI=1S/C8H16N2O2S2/c1-3-9-7(13)10-8(2)4-5-14(11,12)6-8/h3-6H2,1-2H3,(H2,9,10,13). The summed E-state index contributed by atoms with van der Waals surface area (Å²) in [6.45, 7) is 4.58. The van der Waals surface area contributed by atoms with Crippen LogP contribution in [-0.4, -0.2) is 37.1 Å². The third kappa shape index (κ3) is 3.09. The minimum absolute atomic E-state index is 0.172. The monoisotopic (exact) mass is 236 g/mol. The molecule has 0 aromatic rings. The predicted molar refractivity (Wildman–Crippen MR) is 61.1 cm³/mol. The van der Waals surface area contributed by atoms with Gasteiger partial charge >= 0.3 is 0 Å². The summed E-state index contributed by atoms with van der Waals surface area (Å²) in [7, 11) is -2.86. The van der Waals surface area contributed by atoms with Gasteiger partial charge in [-0.15, -0.1) is 0 Å². The molecule has 6 heteroatoms. The molecule has 0 radical (unpaired) electrons. The molecule has 1 heterocycles. The number of thiocarbonyl (C=S) groups is 1. The van der Waals surface area contributed by atoms with Crippen molar-refractivity contribution >= 4 is 27.2 Å². The zero-order valence-electron chi connectivity index (χ0n) is 8.46. The van der Waals surface area contributed by atoms with E-state index in [1.165, 1.54) is 0 Å². The van der Waals surface area contributed by atoms with E-state index in [1.54, 1.807) is 0 Å². The molecule has 2 N–H and O–H groups in total. The lowest BCUT2D eigenvalue weighted by Gasteiger charge is -2.25. The first-order chi connectivity index (χ1) is 6.37. The fraction of sp³-hybridized carbons (Fsp3) is 0.875. The lowest BCUT2D eigenvalue weighted by molar-refractivity contribution is 0.469. The molecule has 1 rings (SSSR count). The predicted octanol–water partition coefficient (Wildman–Crippen LogP) is 0.0476. The maximum Gasteiger partial charge on any atom is 0.166 e. The second kappa shape index (κ2) is 4.02. The van der Waals surface area contributed by atoms with Crippen LogP contribution >= 0.6 is 12.2 Å². The van der Waals surface area contributed by atoms with Gasteiger partial charge in [0, 0.05) is 6.54 Å². The van der Waals surface area contributed by atoms with Gasteiger partial charge in [0.15, 0.2) is 14.9 Å². The summed E-state index contributed by atoms with van der Waals surface area (Å²) in [6, 6.07) is 0. The second-order valence-corrected chi connectivity index (χ2v) is 6.48. The van der Waals surface area contributed by atoms with Gasteiger partial charge in [0.25, 0.3) is 0 Å². The van der Waals surface area contributed by atoms with Crippen LogP contribution in [0.2, 0.25) is 0 Å². The van der Waals surface area contributed by atoms with Gasteiger partial charge in [0.2, 0.25) is 0 Å². The summed E-state index contributed by atoms with van der Waals surface area (Å²) >= 11 is 5.02. The highest BCUT2D eigenvalue weighted by Gasteiger charge is 2.38. The van der Waals surface area contributed by atoms with Gasteiger partial charge < -0.3 is 10.6 Å². The number of hydrogen-bond donors (Lipinski definition) is 2. The fourth-order valence-corrected chi connectivity index (χ4v) is 4.07. The van der Waals surface area contributed by atoms with Crippen LogP contribution in [-0.2, 0) is 9.84 Å². The van der Waals surface area contributed by atoms with Gasteiger partial charge in [-0.1, -0.05) is 0 Å². The van der Waals surface area contributed by atoms with Crippen molar-refractivity contribution < 1.29 is 8.42 Å². The topological polar surface area (TPSA) is 58.2 Å². The first-order valence-electron chi connectivity index (χ1n) is 4.63. The van der Waals surface area contributed by atoms with E-state index in [0.717, 1.165) is 6.54 Å². The number of nitrogens with one attached hydrogen (secondary N) is 2. The molecule has 1 fully saturated rings. The Kier molecular flexibility index (Phi) is 3.36. The van der Waals surface area contributed by atoms with E-state index in [2.05, 4.69) is 10.6 Å². The minimum Gasteiger partial charge on any atom is -0.363 e. The minimum atomic E-state index is -2.86. The summed E-state index contributed by atoms with van der Waals surface area (Å²) in [5.74, 6) is 0.427. The van der Waals surface area contributed by atoms with E-state index in [1.807, 2.05) is 13.8 Å². The fourth-order valence-electron chi connectivity index (χ4n) is 1.59. The molecule has 1 unspecified atom stereocenters. The molecule has 82 valence electrons. The van der Waals surface area contributed by atoms with Crippen molar-refractivity contribution in [3.05, 3.63) is 0 Å². The van der Waals surface area contributed by atoms with Crippen molar-refractivity contribution in [3.8, 4) is 0 Å². The van der Waals surface area contributed by atoms with E-state index in [0.29, 0.717) is 11.5 Å². The van der Waals surface area contributed by atoms with E-state index in [-0.39, 0.29) is 11.5 Å². The Morgan fingerprint density at radius 1 is 1.57 bits per heavy atom. The molecule has 1 aliphatic heterocycles. The first kappa shape index (κ1) is 11.7. The molecule has 1 atom stereocenters. The maximum atomic E-state index is 11.3. The van der Waals surface area contributed by atoms with Crippen LogP contribution in [0.4, 0.5) is 0 Å². The smallest absolute Gasteiger partial charge is 0.166 e. The summed E-state index contributed by atoms with van der Waals surface area (Å²) in [4.78, 5) is 0. The molecule has 0 spiro atoms. The molecule has 0 aromatic carbocycles. The highest BCUT2D eigenvalue weighted by molar-refractivity contribution is 7.91. The molecule has 14 heavy (non-hydrogen) atoms. The molecule has 0 bridgehead atoms. The van der Waals surface area contributed by atoms with Crippen molar-refractivity contribution in [2.24, 2.45) is 0 Å². The highest BCUT2D eigenvalue weighted by Crippen LogP contribution is 2.22. The number of hydrogen-bond acceptors (Lipinski definition) is 3. The SMILES string of the molecule is CCNC(=S)NC1(C)CCS(=O)(=O)C1. The third-order valence-corrected chi connectivity index (χ3v) is 4.41. The van der Waals surface area contributed by atoms with E-state index in [4.69, 9.17) is 12.2 Å². The summed E-state index contributed by atoms with van der Waals surface area (Å²) in [6.07, 6.45) is 0.626. The Balaban J connectivity index is 2.57. The van der Waals surface area contributed by atoms with Crippen LogP contribution in [0, 0.1) is 0 Å². The van der Waals surface area contributed by atoms with Crippen molar-refractivity contribution in [1.29, 1.82) is 0 Å². The molecular formula is C8H16N2O2S2. The van der Waals surface area contributed by atoms with Gasteiger partial charge in [-0.25, -0.2) is 8.42 Å². The molecule has 4 nitrogen and oxygen atoms in total. The summed E-state index contributed by atoms with van der Waals surface area (Å²) < 4.78 is 22.6. The van der Waals surface area contributed by atoms with Gasteiger partial charge in [0.05, 0.1) is 17.0 Å². The first-order valence-corrected chi connectivity index (χ1v) is 6.86. The largest absolute Gasteiger partial charge is 0.363 e. The Morgan fingerprint density at radius 2 is 2.21 bits per heavy atom. The van der Waals surface area contributed by atoms with E-state index in [9.17, 15) is 8.42 Å². The molecule has 0 saturated carbocycles. The van der Waals surface area contributed by atoms with Crippen molar-refractivity contribution in [3.63, 3.8) is 0 Å². The van der Waals surface area contributed by atoms with E-state index < -0.39 is 15.4 Å². The highest BCUT2D eigenvalue weighted by atomic mass is 32.2. The molecule has 0 aromatic heterocycles. The molecule has 0 amide bonds.